The molecule has 1 atom stereocenters. The van der Waals surface area contributed by atoms with E-state index in [0.717, 1.165) is 18.6 Å². The predicted octanol–water partition coefficient (Wildman–Crippen LogP) is 4.02. The van der Waals surface area contributed by atoms with Crippen LogP contribution >= 0.6 is 0 Å². The Bertz CT molecular complexity index is 617. The molecule has 0 heterocycles. The number of anilines is 1. The first-order valence-corrected chi connectivity index (χ1v) is 6.78. The van der Waals surface area contributed by atoms with Crippen LogP contribution in [0.5, 0.6) is 0 Å². The minimum Gasteiger partial charge on any atom is -0.379 e. The Kier molecular flexibility index (Phi) is 4.87. The van der Waals surface area contributed by atoms with Crippen LogP contribution in [-0.2, 0) is 6.42 Å². The molecule has 4 nitrogen and oxygen atoms in total. The summed E-state index contributed by atoms with van der Waals surface area (Å²) in [6.45, 7) is 2.59. The zero-order valence-electron chi connectivity index (χ0n) is 11.8. The van der Waals surface area contributed by atoms with E-state index in [4.69, 9.17) is 0 Å². The molecule has 21 heavy (non-hydrogen) atoms. The first-order chi connectivity index (χ1) is 10.1. The highest BCUT2D eigenvalue weighted by atomic mass is 19.1. The molecule has 1 unspecified atom stereocenters. The molecule has 0 aliphatic heterocycles. The maximum atomic E-state index is 13.2. The van der Waals surface area contributed by atoms with E-state index in [1.54, 1.807) is 0 Å². The average molecular weight is 288 g/mol. The lowest BCUT2D eigenvalue weighted by molar-refractivity contribution is -0.384. The van der Waals surface area contributed by atoms with Gasteiger partial charge >= 0.3 is 0 Å². The summed E-state index contributed by atoms with van der Waals surface area (Å²) < 4.78 is 13.2. The molecule has 0 fully saturated rings. The second kappa shape index (κ2) is 6.83. The summed E-state index contributed by atoms with van der Waals surface area (Å²) in [6, 6.07) is 13.4. The third kappa shape index (κ3) is 4.27. The average Bonchev–Trinajstić information content (AvgIpc) is 2.46. The van der Waals surface area contributed by atoms with Gasteiger partial charge in [-0.3, -0.25) is 10.1 Å². The zero-order chi connectivity index (χ0) is 15.2. The number of nitrogens with zero attached hydrogens (tertiary/aromatic N) is 1. The van der Waals surface area contributed by atoms with E-state index >= 15 is 0 Å². The van der Waals surface area contributed by atoms with Crippen LogP contribution in [-0.4, -0.2) is 11.5 Å². The summed E-state index contributed by atoms with van der Waals surface area (Å²) in [7, 11) is 0. The van der Waals surface area contributed by atoms with Crippen LogP contribution in [0.2, 0.25) is 0 Å². The van der Waals surface area contributed by atoms with Crippen LogP contribution in [0.15, 0.2) is 48.5 Å². The Hall–Kier alpha value is -2.43. The lowest BCUT2D eigenvalue weighted by Crippen LogP contribution is -2.14. The Morgan fingerprint density at radius 3 is 2.62 bits per heavy atom. The summed E-state index contributed by atoms with van der Waals surface area (Å²) in [4.78, 5) is 10.4. The fourth-order valence-corrected chi connectivity index (χ4v) is 2.18. The molecule has 0 aliphatic carbocycles. The van der Waals surface area contributed by atoms with Crippen molar-refractivity contribution in [1.29, 1.82) is 0 Å². The Balaban J connectivity index is 1.99. The maximum absolute atomic E-state index is 13.2. The number of halogens is 1. The standard InChI is InChI=1S/C16H17FN2O2/c1-12(9-13-5-3-2-4-6-13)11-18-15-10-14(17)7-8-16(15)19(20)21/h2-8,10,12,18H,9,11H2,1H3. The molecule has 0 aromatic heterocycles. The number of hydrogen-bond donors (Lipinski definition) is 1. The van der Waals surface area contributed by atoms with Crippen molar-refractivity contribution in [1.82, 2.24) is 0 Å². The van der Waals surface area contributed by atoms with Crippen LogP contribution in [0.4, 0.5) is 15.8 Å². The molecular formula is C16H17FN2O2. The van der Waals surface area contributed by atoms with Gasteiger partial charge in [-0.15, -0.1) is 0 Å². The number of nitro benzene ring substituents is 1. The lowest BCUT2D eigenvalue weighted by atomic mass is 10.0. The van der Waals surface area contributed by atoms with Crippen molar-refractivity contribution in [3.8, 4) is 0 Å². The van der Waals surface area contributed by atoms with E-state index in [9.17, 15) is 14.5 Å². The van der Waals surface area contributed by atoms with Gasteiger partial charge in [0.15, 0.2) is 0 Å². The van der Waals surface area contributed by atoms with Crippen molar-refractivity contribution in [3.63, 3.8) is 0 Å². The van der Waals surface area contributed by atoms with E-state index < -0.39 is 10.7 Å². The van der Waals surface area contributed by atoms with E-state index in [2.05, 4.69) is 5.32 Å². The summed E-state index contributed by atoms with van der Waals surface area (Å²) in [6.07, 6.45) is 0.858. The fourth-order valence-electron chi connectivity index (χ4n) is 2.18. The van der Waals surface area contributed by atoms with E-state index in [-0.39, 0.29) is 17.3 Å². The predicted molar refractivity (Wildman–Crippen MR) is 80.9 cm³/mol. The zero-order valence-corrected chi connectivity index (χ0v) is 11.8. The van der Waals surface area contributed by atoms with Crippen molar-refractivity contribution in [2.45, 2.75) is 13.3 Å². The van der Waals surface area contributed by atoms with Gasteiger partial charge in [-0.2, -0.15) is 0 Å². The monoisotopic (exact) mass is 288 g/mol. The smallest absolute Gasteiger partial charge is 0.292 e. The minimum absolute atomic E-state index is 0.108. The molecular weight excluding hydrogens is 271 g/mol. The van der Waals surface area contributed by atoms with Crippen molar-refractivity contribution in [2.75, 3.05) is 11.9 Å². The SMILES string of the molecule is CC(CNc1cc(F)ccc1[N+](=O)[O-])Cc1ccccc1. The van der Waals surface area contributed by atoms with Gasteiger partial charge in [0.25, 0.3) is 5.69 Å². The highest BCUT2D eigenvalue weighted by Gasteiger charge is 2.15. The number of benzene rings is 2. The molecule has 5 heteroatoms. The van der Waals surface area contributed by atoms with Gasteiger partial charge in [0.05, 0.1) is 4.92 Å². The molecule has 0 saturated carbocycles. The molecule has 0 aliphatic rings. The van der Waals surface area contributed by atoms with Crippen LogP contribution in [0.1, 0.15) is 12.5 Å². The second-order valence-corrected chi connectivity index (χ2v) is 5.09. The summed E-state index contributed by atoms with van der Waals surface area (Å²) in [5, 5.41) is 13.9. The molecule has 2 rings (SSSR count). The van der Waals surface area contributed by atoms with Gasteiger partial charge in [0.2, 0.25) is 0 Å². The Morgan fingerprint density at radius 1 is 1.24 bits per heavy atom. The second-order valence-electron chi connectivity index (χ2n) is 5.09. The fraction of sp³-hybridized carbons (Fsp3) is 0.250. The van der Waals surface area contributed by atoms with Crippen molar-refractivity contribution in [2.24, 2.45) is 5.92 Å². The van der Waals surface area contributed by atoms with Gasteiger partial charge in [0.1, 0.15) is 11.5 Å². The third-order valence-electron chi connectivity index (χ3n) is 3.22. The lowest BCUT2D eigenvalue weighted by Gasteiger charge is -2.14. The van der Waals surface area contributed by atoms with Gasteiger partial charge < -0.3 is 5.32 Å². The van der Waals surface area contributed by atoms with Crippen LogP contribution in [0, 0.1) is 21.8 Å². The highest BCUT2D eigenvalue weighted by Crippen LogP contribution is 2.25. The molecule has 0 amide bonds. The number of nitro groups is 1. The summed E-state index contributed by atoms with van der Waals surface area (Å²) in [5.41, 5.74) is 1.32. The Labute approximate surface area is 122 Å². The third-order valence-corrected chi connectivity index (χ3v) is 3.22. The number of hydrogen-bond acceptors (Lipinski definition) is 3. The van der Waals surface area contributed by atoms with E-state index in [1.807, 2.05) is 37.3 Å². The van der Waals surface area contributed by atoms with Crippen molar-refractivity contribution >= 4 is 11.4 Å². The molecule has 1 N–H and O–H groups in total. The normalized spacial score (nSPS) is 11.9. The van der Waals surface area contributed by atoms with Crippen molar-refractivity contribution in [3.05, 3.63) is 70.0 Å². The molecule has 110 valence electrons. The quantitative estimate of drug-likeness (QED) is 0.645. The number of rotatable bonds is 6. The van der Waals surface area contributed by atoms with Gasteiger partial charge in [-0.05, 0) is 24.0 Å². The van der Waals surface area contributed by atoms with Crippen LogP contribution in [0.25, 0.3) is 0 Å². The minimum atomic E-state index is -0.510. The maximum Gasteiger partial charge on any atom is 0.292 e. The summed E-state index contributed by atoms with van der Waals surface area (Å²) >= 11 is 0. The largest absolute Gasteiger partial charge is 0.379 e. The van der Waals surface area contributed by atoms with Gasteiger partial charge in [-0.1, -0.05) is 37.3 Å². The Morgan fingerprint density at radius 2 is 1.95 bits per heavy atom. The molecule has 2 aromatic carbocycles. The van der Waals surface area contributed by atoms with E-state index in [1.165, 1.54) is 11.6 Å². The van der Waals surface area contributed by atoms with E-state index in [0.29, 0.717) is 6.54 Å². The first-order valence-electron chi connectivity index (χ1n) is 6.78. The molecule has 0 bridgehead atoms. The topological polar surface area (TPSA) is 55.2 Å². The van der Waals surface area contributed by atoms with Crippen LogP contribution in [0.3, 0.4) is 0 Å². The molecule has 2 aromatic rings. The van der Waals surface area contributed by atoms with Crippen molar-refractivity contribution < 1.29 is 9.31 Å². The molecule has 0 saturated heterocycles. The molecule has 0 radical (unpaired) electrons. The van der Waals surface area contributed by atoms with Gasteiger partial charge in [-0.25, -0.2) is 4.39 Å². The first kappa shape index (κ1) is 15.0. The van der Waals surface area contributed by atoms with Gasteiger partial charge in [0, 0.05) is 18.7 Å². The highest BCUT2D eigenvalue weighted by molar-refractivity contribution is 5.61. The van der Waals surface area contributed by atoms with Crippen LogP contribution < -0.4 is 5.32 Å². The summed E-state index contributed by atoms with van der Waals surface area (Å²) in [5.74, 6) is -0.214. The number of nitrogens with one attached hydrogen (secondary N) is 1. The molecule has 0 spiro atoms.